The second-order valence-electron chi connectivity index (χ2n) is 10.7. The van der Waals surface area contributed by atoms with Crippen LogP contribution >= 0.6 is 11.8 Å². The summed E-state index contributed by atoms with van der Waals surface area (Å²) in [6.45, 7) is 8.48. The van der Waals surface area contributed by atoms with E-state index in [9.17, 15) is 10.1 Å². The predicted molar refractivity (Wildman–Crippen MR) is 132 cm³/mol. The van der Waals surface area contributed by atoms with Crippen LogP contribution in [0.1, 0.15) is 84.2 Å². The Morgan fingerprint density at radius 1 is 1.09 bits per heavy atom. The lowest BCUT2D eigenvalue weighted by molar-refractivity contribution is -0.119. The Morgan fingerprint density at radius 3 is 2.33 bits per heavy atom. The minimum absolute atomic E-state index is 0.0995. The number of carbonyl (C=O) groups excluding carboxylic acids is 1. The standard InChI is InChI=1S/C26H35N5OS/c1-25(2,3)19-12-10-18(11-13-19)23-29-30-24(31(23)21-8-6-5-7-9-21)33-16-22(32)28-26(4,17-27)20-14-15-20/h10-13,20-21H,5-9,14-16H2,1-4H3,(H,28,32)/t26-/m0/s1. The average Bonchev–Trinajstić information content (AvgIpc) is 3.58. The van der Waals surface area contributed by atoms with Crippen molar-refractivity contribution in [2.45, 2.75) is 94.8 Å². The van der Waals surface area contributed by atoms with Crippen LogP contribution in [0.3, 0.4) is 0 Å². The molecule has 6 nitrogen and oxygen atoms in total. The number of aromatic nitrogens is 3. The molecular formula is C26H35N5OS. The molecule has 2 fully saturated rings. The van der Waals surface area contributed by atoms with Crippen LogP contribution in [0.4, 0.5) is 0 Å². The number of hydrogen-bond acceptors (Lipinski definition) is 5. The van der Waals surface area contributed by atoms with Gasteiger partial charge in [0, 0.05) is 11.6 Å². The number of rotatable bonds is 7. The fourth-order valence-electron chi connectivity index (χ4n) is 4.70. The van der Waals surface area contributed by atoms with E-state index >= 15 is 0 Å². The first-order chi connectivity index (χ1) is 15.7. The minimum atomic E-state index is -0.769. The summed E-state index contributed by atoms with van der Waals surface area (Å²) in [4.78, 5) is 12.7. The summed E-state index contributed by atoms with van der Waals surface area (Å²) in [6, 6.07) is 11.3. The second-order valence-corrected chi connectivity index (χ2v) is 11.7. The van der Waals surface area contributed by atoms with Crippen molar-refractivity contribution in [2.24, 2.45) is 5.92 Å². The molecule has 2 aliphatic rings. The molecule has 7 heteroatoms. The molecule has 0 radical (unpaired) electrons. The summed E-state index contributed by atoms with van der Waals surface area (Å²) in [5.41, 5.74) is 1.68. The summed E-state index contributed by atoms with van der Waals surface area (Å²) in [5.74, 6) is 1.26. The van der Waals surface area contributed by atoms with Crippen LogP contribution in [-0.4, -0.2) is 32.0 Å². The maximum atomic E-state index is 12.7. The van der Waals surface area contributed by atoms with Gasteiger partial charge in [0.15, 0.2) is 11.0 Å². The predicted octanol–water partition coefficient (Wildman–Crippen LogP) is 5.65. The fraction of sp³-hybridized carbons (Fsp3) is 0.615. The van der Waals surface area contributed by atoms with Gasteiger partial charge in [-0.3, -0.25) is 9.36 Å². The molecule has 2 aliphatic carbocycles. The van der Waals surface area contributed by atoms with Gasteiger partial charge in [0.25, 0.3) is 0 Å². The molecule has 4 rings (SSSR count). The van der Waals surface area contributed by atoms with Gasteiger partial charge in [-0.05, 0) is 49.5 Å². The molecule has 0 bridgehead atoms. The third kappa shape index (κ3) is 5.43. The molecule has 1 heterocycles. The molecule has 1 aromatic heterocycles. The van der Waals surface area contributed by atoms with E-state index in [2.05, 4.69) is 71.2 Å². The highest BCUT2D eigenvalue weighted by atomic mass is 32.2. The maximum Gasteiger partial charge on any atom is 0.231 e. The number of benzene rings is 1. The molecule has 1 atom stereocenters. The molecule has 2 saturated carbocycles. The van der Waals surface area contributed by atoms with Crippen LogP contribution in [0.2, 0.25) is 0 Å². The van der Waals surface area contributed by atoms with E-state index in [0.29, 0.717) is 6.04 Å². The van der Waals surface area contributed by atoms with E-state index < -0.39 is 5.54 Å². The summed E-state index contributed by atoms with van der Waals surface area (Å²) in [7, 11) is 0. The number of hydrogen-bond donors (Lipinski definition) is 1. The Kier molecular flexibility index (Phi) is 6.86. The molecule has 33 heavy (non-hydrogen) atoms. The van der Waals surface area contributed by atoms with Gasteiger partial charge in [-0.25, -0.2) is 0 Å². The number of amides is 1. The SMILES string of the molecule is CC(C)(C)c1ccc(-c2nnc(SCC(=O)N[C@@](C)(C#N)C3CC3)n2C2CCCCC2)cc1. The smallest absolute Gasteiger partial charge is 0.231 e. The summed E-state index contributed by atoms with van der Waals surface area (Å²) >= 11 is 1.42. The molecule has 0 unspecified atom stereocenters. The van der Waals surface area contributed by atoms with Gasteiger partial charge >= 0.3 is 0 Å². The van der Waals surface area contributed by atoms with Crippen molar-refractivity contribution in [3.8, 4) is 17.5 Å². The van der Waals surface area contributed by atoms with Crippen LogP contribution in [0, 0.1) is 17.2 Å². The molecule has 0 aliphatic heterocycles. The van der Waals surface area contributed by atoms with Crippen molar-refractivity contribution in [1.82, 2.24) is 20.1 Å². The van der Waals surface area contributed by atoms with Crippen molar-refractivity contribution in [3.05, 3.63) is 29.8 Å². The average molecular weight is 466 g/mol. The number of nitriles is 1. The molecule has 0 spiro atoms. The lowest BCUT2D eigenvalue weighted by atomic mass is 9.86. The highest BCUT2D eigenvalue weighted by molar-refractivity contribution is 7.99. The highest BCUT2D eigenvalue weighted by Gasteiger charge is 2.43. The molecular weight excluding hydrogens is 430 g/mol. The number of nitrogens with one attached hydrogen (secondary N) is 1. The summed E-state index contributed by atoms with van der Waals surface area (Å²) in [5, 5.41) is 22.4. The van der Waals surface area contributed by atoms with Gasteiger partial charge in [-0.1, -0.05) is 76.1 Å². The van der Waals surface area contributed by atoms with Gasteiger partial charge in [0.2, 0.25) is 5.91 Å². The van der Waals surface area contributed by atoms with Crippen molar-refractivity contribution >= 4 is 17.7 Å². The lowest BCUT2D eigenvalue weighted by Crippen LogP contribution is -2.47. The number of carbonyl (C=O) groups is 1. The van der Waals surface area contributed by atoms with Crippen LogP contribution < -0.4 is 5.32 Å². The first-order valence-corrected chi connectivity index (χ1v) is 13.1. The Balaban J connectivity index is 1.55. The molecule has 0 saturated heterocycles. The number of thioether (sulfide) groups is 1. The molecule has 1 N–H and O–H groups in total. The van der Waals surface area contributed by atoms with Crippen LogP contribution in [0.25, 0.3) is 11.4 Å². The Labute approximate surface area is 201 Å². The Hall–Kier alpha value is -2.33. The van der Waals surface area contributed by atoms with E-state index in [1.807, 2.05) is 6.92 Å². The quantitative estimate of drug-likeness (QED) is 0.534. The van der Waals surface area contributed by atoms with Crippen LogP contribution in [0.15, 0.2) is 29.4 Å². The van der Waals surface area contributed by atoms with Crippen LogP contribution in [0.5, 0.6) is 0 Å². The van der Waals surface area contributed by atoms with E-state index in [1.54, 1.807) is 0 Å². The van der Waals surface area contributed by atoms with Gasteiger partial charge in [0.05, 0.1) is 11.8 Å². The Morgan fingerprint density at radius 2 is 1.76 bits per heavy atom. The maximum absolute atomic E-state index is 12.7. The molecule has 176 valence electrons. The zero-order valence-corrected chi connectivity index (χ0v) is 21.0. The van der Waals surface area contributed by atoms with E-state index in [4.69, 9.17) is 0 Å². The van der Waals surface area contributed by atoms with Gasteiger partial charge in [-0.2, -0.15) is 5.26 Å². The zero-order valence-electron chi connectivity index (χ0n) is 20.2. The summed E-state index contributed by atoms with van der Waals surface area (Å²) in [6.07, 6.45) is 7.91. The largest absolute Gasteiger partial charge is 0.337 e. The van der Waals surface area contributed by atoms with Crippen molar-refractivity contribution in [1.29, 1.82) is 5.26 Å². The Bertz CT molecular complexity index is 1020. The topological polar surface area (TPSA) is 83.6 Å². The van der Waals surface area contributed by atoms with E-state index in [-0.39, 0.29) is 23.0 Å². The monoisotopic (exact) mass is 465 g/mol. The third-order valence-electron chi connectivity index (χ3n) is 6.97. The highest BCUT2D eigenvalue weighted by Crippen LogP contribution is 2.39. The first-order valence-electron chi connectivity index (χ1n) is 12.1. The zero-order chi connectivity index (χ0) is 23.6. The fourth-order valence-corrected chi connectivity index (χ4v) is 5.50. The summed E-state index contributed by atoms with van der Waals surface area (Å²) < 4.78 is 2.26. The van der Waals surface area contributed by atoms with Crippen molar-refractivity contribution < 1.29 is 4.79 Å². The lowest BCUT2D eigenvalue weighted by Gasteiger charge is -2.26. The molecule has 1 aromatic carbocycles. The van der Waals surface area contributed by atoms with Gasteiger partial charge in [0.1, 0.15) is 5.54 Å². The number of nitrogens with zero attached hydrogens (tertiary/aromatic N) is 4. The third-order valence-corrected chi connectivity index (χ3v) is 7.91. The molecule has 1 amide bonds. The van der Waals surface area contributed by atoms with E-state index in [1.165, 1.54) is 36.6 Å². The van der Waals surface area contributed by atoms with E-state index in [0.717, 1.165) is 42.2 Å². The van der Waals surface area contributed by atoms with Crippen molar-refractivity contribution in [3.63, 3.8) is 0 Å². The van der Waals surface area contributed by atoms with Gasteiger partial charge < -0.3 is 5.32 Å². The molecule has 2 aromatic rings. The normalized spacial score (nSPS) is 19.0. The van der Waals surface area contributed by atoms with Gasteiger partial charge in [-0.15, -0.1) is 10.2 Å². The van der Waals surface area contributed by atoms with Crippen molar-refractivity contribution in [2.75, 3.05) is 5.75 Å². The first kappa shape index (κ1) is 23.8. The van der Waals surface area contributed by atoms with Crippen LogP contribution in [-0.2, 0) is 10.2 Å². The second kappa shape index (κ2) is 9.50. The minimum Gasteiger partial charge on any atom is -0.337 e.